The molecule has 2 nitrogen and oxygen atoms in total. The molecule has 0 saturated heterocycles. The maximum absolute atomic E-state index is 9.97. The van der Waals surface area contributed by atoms with Crippen LogP contribution in [0.5, 0.6) is 0 Å². The van der Waals surface area contributed by atoms with Crippen LogP contribution in [0.25, 0.3) is 0 Å². The molecule has 2 unspecified atom stereocenters. The van der Waals surface area contributed by atoms with Crippen LogP contribution in [-0.2, 0) is 0 Å². The summed E-state index contributed by atoms with van der Waals surface area (Å²) in [6.07, 6.45) is -0.398. The van der Waals surface area contributed by atoms with Crippen LogP contribution in [0.4, 0.5) is 0 Å². The zero-order chi connectivity index (χ0) is 9.84. The highest BCUT2D eigenvalue weighted by Gasteiger charge is 2.23. The molecule has 0 bridgehead atoms. The molecule has 0 aliphatic rings. The van der Waals surface area contributed by atoms with Gasteiger partial charge in [0.2, 0.25) is 0 Å². The van der Waals surface area contributed by atoms with Crippen molar-refractivity contribution in [1.82, 2.24) is 0 Å². The molecule has 1 aromatic rings. The average molecular weight is 199 g/mol. The van der Waals surface area contributed by atoms with Gasteiger partial charge in [-0.2, -0.15) is 0 Å². The smallest absolute Gasteiger partial charge is 0.0924 e. The summed E-state index contributed by atoms with van der Waals surface area (Å²) < 4.78 is 0. The van der Waals surface area contributed by atoms with Gasteiger partial charge in [0, 0.05) is 10.8 Å². The third-order valence-corrected chi connectivity index (χ3v) is 3.31. The van der Waals surface area contributed by atoms with E-state index in [1.807, 2.05) is 17.5 Å². The van der Waals surface area contributed by atoms with Crippen LogP contribution in [0.15, 0.2) is 17.5 Å². The van der Waals surface area contributed by atoms with Gasteiger partial charge in [0.15, 0.2) is 0 Å². The highest BCUT2D eigenvalue weighted by Crippen LogP contribution is 2.29. The van der Waals surface area contributed by atoms with Crippen LogP contribution in [0, 0.1) is 11.8 Å². The van der Waals surface area contributed by atoms with Crippen molar-refractivity contribution >= 4 is 11.3 Å². The SMILES string of the molecule is CC(C)C(CN)C(O)c1cccs1. The van der Waals surface area contributed by atoms with E-state index in [1.54, 1.807) is 11.3 Å². The maximum Gasteiger partial charge on any atom is 0.0924 e. The van der Waals surface area contributed by atoms with E-state index in [0.717, 1.165) is 4.88 Å². The quantitative estimate of drug-likeness (QED) is 0.779. The monoisotopic (exact) mass is 199 g/mol. The molecule has 0 radical (unpaired) electrons. The fraction of sp³-hybridized carbons (Fsp3) is 0.600. The first kappa shape index (κ1) is 10.7. The van der Waals surface area contributed by atoms with Crippen LogP contribution in [0.2, 0.25) is 0 Å². The van der Waals surface area contributed by atoms with E-state index in [4.69, 9.17) is 5.73 Å². The van der Waals surface area contributed by atoms with Crippen LogP contribution in [-0.4, -0.2) is 11.7 Å². The Bertz CT molecular complexity index is 233. The summed E-state index contributed by atoms with van der Waals surface area (Å²) in [5, 5.41) is 11.9. The zero-order valence-corrected chi connectivity index (χ0v) is 8.92. The minimum Gasteiger partial charge on any atom is -0.387 e. The summed E-state index contributed by atoms with van der Waals surface area (Å²) in [6, 6.07) is 3.91. The lowest BCUT2D eigenvalue weighted by Crippen LogP contribution is -2.26. The van der Waals surface area contributed by atoms with Gasteiger partial charge in [-0.15, -0.1) is 11.3 Å². The molecule has 0 aliphatic heterocycles. The second kappa shape index (κ2) is 4.74. The zero-order valence-electron chi connectivity index (χ0n) is 8.10. The molecule has 0 spiro atoms. The largest absolute Gasteiger partial charge is 0.387 e. The molecule has 0 aromatic carbocycles. The lowest BCUT2D eigenvalue weighted by Gasteiger charge is -2.23. The Labute approximate surface area is 83.4 Å². The van der Waals surface area contributed by atoms with E-state index in [9.17, 15) is 5.11 Å². The number of rotatable bonds is 4. The molecule has 3 heteroatoms. The van der Waals surface area contributed by atoms with E-state index in [0.29, 0.717) is 12.5 Å². The first-order chi connectivity index (χ1) is 6.16. The maximum atomic E-state index is 9.97. The van der Waals surface area contributed by atoms with E-state index >= 15 is 0 Å². The molecular formula is C10H17NOS. The highest BCUT2D eigenvalue weighted by atomic mass is 32.1. The molecular weight excluding hydrogens is 182 g/mol. The summed E-state index contributed by atoms with van der Waals surface area (Å²) in [5.41, 5.74) is 5.63. The Morgan fingerprint density at radius 1 is 1.54 bits per heavy atom. The second-order valence-electron chi connectivity index (χ2n) is 3.60. The van der Waals surface area contributed by atoms with Gasteiger partial charge in [-0.25, -0.2) is 0 Å². The molecule has 3 N–H and O–H groups in total. The summed E-state index contributed by atoms with van der Waals surface area (Å²) in [6.45, 7) is 4.72. The van der Waals surface area contributed by atoms with Crippen molar-refractivity contribution < 1.29 is 5.11 Å². The molecule has 0 aliphatic carbocycles. The van der Waals surface area contributed by atoms with Gasteiger partial charge in [0.25, 0.3) is 0 Å². The second-order valence-corrected chi connectivity index (χ2v) is 4.58. The van der Waals surface area contributed by atoms with E-state index in [2.05, 4.69) is 13.8 Å². The number of hydrogen-bond donors (Lipinski definition) is 2. The molecule has 1 rings (SSSR count). The topological polar surface area (TPSA) is 46.2 Å². The van der Waals surface area contributed by atoms with Crippen molar-refractivity contribution in [3.05, 3.63) is 22.4 Å². The van der Waals surface area contributed by atoms with Crippen molar-refractivity contribution in [2.45, 2.75) is 20.0 Å². The van der Waals surface area contributed by atoms with E-state index in [-0.39, 0.29) is 5.92 Å². The molecule has 74 valence electrons. The van der Waals surface area contributed by atoms with Crippen LogP contribution in [0.3, 0.4) is 0 Å². The lowest BCUT2D eigenvalue weighted by atomic mass is 9.89. The number of aliphatic hydroxyl groups excluding tert-OH is 1. The molecule has 0 fully saturated rings. The average Bonchev–Trinajstić information content (AvgIpc) is 2.56. The standard InChI is InChI=1S/C10H17NOS/c1-7(2)8(6-11)10(12)9-4-3-5-13-9/h3-5,7-8,10,12H,6,11H2,1-2H3. The molecule has 0 saturated carbocycles. The van der Waals surface area contributed by atoms with Gasteiger partial charge in [-0.1, -0.05) is 19.9 Å². The number of aliphatic hydroxyl groups is 1. The van der Waals surface area contributed by atoms with Gasteiger partial charge in [0.1, 0.15) is 0 Å². The Hall–Kier alpha value is -0.380. The van der Waals surface area contributed by atoms with Crippen molar-refractivity contribution in [2.75, 3.05) is 6.54 Å². The van der Waals surface area contributed by atoms with Gasteiger partial charge in [-0.05, 0) is 23.9 Å². The van der Waals surface area contributed by atoms with Crippen LogP contribution >= 0.6 is 11.3 Å². The predicted molar refractivity (Wildman–Crippen MR) is 56.7 cm³/mol. The summed E-state index contributed by atoms with van der Waals surface area (Å²) in [5.74, 6) is 0.584. The molecule has 1 heterocycles. The van der Waals surface area contributed by atoms with Gasteiger partial charge >= 0.3 is 0 Å². The third-order valence-electron chi connectivity index (χ3n) is 2.37. The normalized spacial score (nSPS) is 16.1. The lowest BCUT2D eigenvalue weighted by molar-refractivity contribution is 0.0892. The fourth-order valence-electron chi connectivity index (χ4n) is 1.44. The summed E-state index contributed by atoms with van der Waals surface area (Å²) in [7, 11) is 0. The number of hydrogen-bond acceptors (Lipinski definition) is 3. The minimum atomic E-state index is -0.398. The van der Waals surface area contributed by atoms with Crippen LogP contribution in [0.1, 0.15) is 24.8 Å². The van der Waals surface area contributed by atoms with Crippen molar-refractivity contribution in [2.24, 2.45) is 17.6 Å². The van der Waals surface area contributed by atoms with Gasteiger partial charge < -0.3 is 10.8 Å². The molecule has 13 heavy (non-hydrogen) atoms. The fourth-order valence-corrected chi connectivity index (χ4v) is 2.22. The van der Waals surface area contributed by atoms with E-state index < -0.39 is 6.10 Å². The van der Waals surface area contributed by atoms with Crippen LogP contribution < -0.4 is 5.73 Å². The summed E-state index contributed by atoms with van der Waals surface area (Å²) >= 11 is 1.59. The van der Waals surface area contributed by atoms with E-state index in [1.165, 1.54) is 0 Å². The number of nitrogens with two attached hydrogens (primary N) is 1. The van der Waals surface area contributed by atoms with Crippen molar-refractivity contribution in [1.29, 1.82) is 0 Å². The Balaban J connectivity index is 2.70. The molecule has 0 amide bonds. The molecule has 2 atom stereocenters. The predicted octanol–water partition coefficient (Wildman–Crippen LogP) is 2.01. The third kappa shape index (κ3) is 2.53. The Kier molecular flexibility index (Phi) is 3.90. The first-order valence-electron chi connectivity index (χ1n) is 4.58. The van der Waals surface area contributed by atoms with Crippen molar-refractivity contribution in [3.63, 3.8) is 0 Å². The van der Waals surface area contributed by atoms with Gasteiger partial charge in [0.05, 0.1) is 6.10 Å². The Morgan fingerprint density at radius 3 is 2.62 bits per heavy atom. The summed E-state index contributed by atoms with van der Waals surface area (Å²) in [4.78, 5) is 1.02. The first-order valence-corrected chi connectivity index (χ1v) is 5.46. The Morgan fingerprint density at radius 2 is 2.23 bits per heavy atom. The highest BCUT2D eigenvalue weighted by molar-refractivity contribution is 7.10. The van der Waals surface area contributed by atoms with Crippen molar-refractivity contribution in [3.8, 4) is 0 Å². The minimum absolute atomic E-state index is 0.165. The molecule has 1 aromatic heterocycles. The van der Waals surface area contributed by atoms with Gasteiger partial charge in [-0.3, -0.25) is 0 Å². The number of thiophene rings is 1.